The van der Waals surface area contributed by atoms with E-state index >= 15 is 0 Å². The summed E-state index contributed by atoms with van der Waals surface area (Å²) in [6, 6.07) is 18.0. The van der Waals surface area contributed by atoms with Gasteiger partial charge in [0.25, 0.3) is 5.91 Å². The van der Waals surface area contributed by atoms with Crippen molar-refractivity contribution in [1.82, 2.24) is 15.3 Å². The van der Waals surface area contributed by atoms with Gasteiger partial charge in [-0.2, -0.15) is 0 Å². The molecule has 2 amide bonds. The van der Waals surface area contributed by atoms with Crippen LogP contribution in [0, 0.1) is 0 Å². The predicted octanol–water partition coefficient (Wildman–Crippen LogP) is 3.47. The highest BCUT2D eigenvalue weighted by Crippen LogP contribution is 2.22. The lowest BCUT2D eigenvalue weighted by atomic mass is 10.0. The highest BCUT2D eigenvalue weighted by atomic mass is 16.4. The number of piperazine rings is 1. The number of hydrogen-bond donors (Lipinski definition) is 3. The van der Waals surface area contributed by atoms with E-state index in [2.05, 4.69) is 15.6 Å². The standard InChI is InChI=1S/C27H28N4O4/c1-18(20-8-7-19-5-3-4-6-21(19)16-20)15-25(32)28-24-17-22(9-10-23(24)27(34)35)26(33)29-31-13-11-30(2)12-14-31/h3-10,15-17H,11-14H2,1-2H3,(H,28,32)(H,29,33)(H,34,35)/b18-15-. The maximum Gasteiger partial charge on any atom is 0.337 e. The summed E-state index contributed by atoms with van der Waals surface area (Å²) in [5, 5.41) is 16.2. The zero-order chi connectivity index (χ0) is 24.9. The molecule has 0 saturated carbocycles. The van der Waals surface area contributed by atoms with Gasteiger partial charge in [0.15, 0.2) is 0 Å². The van der Waals surface area contributed by atoms with E-state index in [1.165, 1.54) is 24.3 Å². The average molecular weight is 473 g/mol. The smallest absolute Gasteiger partial charge is 0.337 e. The lowest BCUT2D eigenvalue weighted by Gasteiger charge is -2.32. The van der Waals surface area contributed by atoms with Gasteiger partial charge in [0.2, 0.25) is 5.91 Å². The molecule has 1 saturated heterocycles. The number of carbonyl (C=O) groups is 3. The topological polar surface area (TPSA) is 102 Å². The Balaban J connectivity index is 1.51. The number of likely N-dealkylation sites (N-methyl/N-ethyl adjacent to an activating group) is 1. The van der Waals surface area contributed by atoms with Crippen LogP contribution in [0.2, 0.25) is 0 Å². The lowest BCUT2D eigenvalue weighted by molar-refractivity contribution is -0.111. The molecule has 1 aliphatic rings. The third-order valence-electron chi connectivity index (χ3n) is 6.09. The van der Waals surface area contributed by atoms with Gasteiger partial charge in [-0.25, -0.2) is 9.80 Å². The van der Waals surface area contributed by atoms with Crippen LogP contribution in [-0.4, -0.2) is 66.0 Å². The Bertz CT molecular complexity index is 1310. The van der Waals surface area contributed by atoms with E-state index in [4.69, 9.17) is 0 Å². The second-order valence-electron chi connectivity index (χ2n) is 8.68. The Morgan fingerprint density at radius 1 is 0.886 bits per heavy atom. The van der Waals surface area contributed by atoms with Crippen LogP contribution >= 0.6 is 0 Å². The van der Waals surface area contributed by atoms with E-state index in [1.54, 1.807) is 0 Å². The second-order valence-corrected chi connectivity index (χ2v) is 8.68. The summed E-state index contributed by atoms with van der Waals surface area (Å²) < 4.78 is 0. The predicted molar refractivity (Wildman–Crippen MR) is 136 cm³/mol. The molecule has 0 radical (unpaired) electrons. The quantitative estimate of drug-likeness (QED) is 0.475. The van der Waals surface area contributed by atoms with Crippen molar-refractivity contribution in [3.8, 4) is 0 Å². The van der Waals surface area contributed by atoms with Crippen LogP contribution in [0.25, 0.3) is 16.3 Å². The Kier molecular flexibility index (Phi) is 7.24. The van der Waals surface area contributed by atoms with Crippen molar-refractivity contribution in [3.63, 3.8) is 0 Å². The molecular formula is C27H28N4O4. The Hall–Kier alpha value is -4.01. The maximum absolute atomic E-state index is 12.8. The molecule has 4 rings (SSSR count). The molecule has 3 N–H and O–H groups in total. The second kappa shape index (κ2) is 10.5. The summed E-state index contributed by atoms with van der Waals surface area (Å²) in [5.41, 5.74) is 4.70. The summed E-state index contributed by atoms with van der Waals surface area (Å²) >= 11 is 0. The van der Waals surface area contributed by atoms with Crippen molar-refractivity contribution in [2.75, 3.05) is 38.5 Å². The molecule has 0 bridgehead atoms. The summed E-state index contributed by atoms with van der Waals surface area (Å²) in [6.45, 7) is 4.88. The SMILES string of the molecule is C/C(=C/C(=O)Nc1cc(C(=O)NN2CCN(C)CC2)ccc1C(=O)O)c1ccc2ccccc2c1. The maximum atomic E-state index is 12.8. The number of carbonyl (C=O) groups excluding carboxylic acids is 2. The molecule has 180 valence electrons. The molecule has 0 aromatic heterocycles. The van der Waals surface area contributed by atoms with Crippen molar-refractivity contribution < 1.29 is 19.5 Å². The fraction of sp³-hybridized carbons (Fsp3) is 0.222. The van der Waals surface area contributed by atoms with Crippen LogP contribution < -0.4 is 10.7 Å². The van der Waals surface area contributed by atoms with Crippen molar-refractivity contribution in [3.05, 3.63) is 83.4 Å². The summed E-state index contributed by atoms with van der Waals surface area (Å²) in [4.78, 5) is 39.4. The third kappa shape index (κ3) is 5.92. The van der Waals surface area contributed by atoms with Gasteiger partial charge in [0.1, 0.15) is 0 Å². The number of hydrogen-bond acceptors (Lipinski definition) is 5. The fourth-order valence-corrected chi connectivity index (χ4v) is 3.99. The number of carboxylic acids is 1. The van der Waals surface area contributed by atoms with E-state index in [0.29, 0.717) is 13.1 Å². The van der Waals surface area contributed by atoms with Gasteiger partial charge in [-0.1, -0.05) is 36.4 Å². The summed E-state index contributed by atoms with van der Waals surface area (Å²) in [6.07, 6.45) is 1.42. The van der Waals surface area contributed by atoms with Gasteiger partial charge in [-0.05, 0) is 60.1 Å². The third-order valence-corrected chi connectivity index (χ3v) is 6.09. The molecule has 1 heterocycles. The van der Waals surface area contributed by atoms with Crippen molar-refractivity contribution in [2.45, 2.75) is 6.92 Å². The number of benzene rings is 3. The largest absolute Gasteiger partial charge is 0.478 e. The van der Waals surface area contributed by atoms with Gasteiger partial charge in [0.05, 0.1) is 11.3 Å². The van der Waals surface area contributed by atoms with Crippen LogP contribution in [0.4, 0.5) is 5.69 Å². The number of nitrogens with zero attached hydrogens (tertiary/aromatic N) is 2. The van der Waals surface area contributed by atoms with Crippen molar-refractivity contribution in [1.29, 1.82) is 0 Å². The minimum Gasteiger partial charge on any atom is -0.478 e. The number of nitrogens with one attached hydrogen (secondary N) is 2. The number of amides is 2. The Morgan fingerprint density at radius 2 is 1.57 bits per heavy atom. The van der Waals surface area contributed by atoms with E-state index in [9.17, 15) is 19.5 Å². The molecule has 35 heavy (non-hydrogen) atoms. The Morgan fingerprint density at radius 3 is 2.29 bits per heavy atom. The van der Waals surface area contributed by atoms with Gasteiger partial charge >= 0.3 is 5.97 Å². The van der Waals surface area contributed by atoms with Crippen molar-refractivity contribution >= 4 is 39.8 Å². The number of allylic oxidation sites excluding steroid dienone is 1. The minimum atomic E-state index is -1.19. The molecule has 8 heteroatoms. The highest BCUT2D eigenvalue weighted by Gasteiger charge is 2.19. The van der Waals surface area contributed by atoms with Crippen LogP contribution in [0.1, 0.15) is 33.2 Å². The number of hydrazine groups is 1. The zero-order valence-electron chi connectivity index (χ0n) is 19.7. The number of anilines is 1. The molecule has 0 unspecified atom stereocenters. The first kappa shape index (κ1) is 24.1. The molecule has 0 spiro atoms. The van der Waals surface area contributed by atoms with E-state index < -0.39 is 11.9 Å². The van der Waals surface area contributed by atoms with E-state index in [0.717, 1.165) is 35.0 Å². The van der Waals surface area contributed by atoms with Gasteiger partial charge in [0, 0.05) is 37.8 Å². The molecule has 0 atom stereocenters. The molecule has 8 nitrogen and oxygen atoms in total. The number of carboxylic acid groups (broad SMARTS) is 1. The van der Waals surface area contributed by atoms with E-state index in [-0.39, 0.29) is 22.7 Å². The van der Waals surface area contributed by atoms with Gasteiger partial charge < -0.3 is 15.3 Å². The molecule has 1 aliphatic heterocycles. The molecular weight excluding hydrogens is 444 g/mol. The average Bonchev–Trinajstić information content (AvgIpc) is 2.84. The molecule has 0 aliphatic carbocycles. The first-order valence-electron chi connectivity index (χ1n) is 11.4. The molecule has 3 aromatic rings. The fourth-order valence-electron chi connectivity index (χ4n) is 3.99. The van der Waals surface area contributed by atoms with Gasteiger partial charge in [-0.3, -0.25) is 15.0 Å². The van der Waals surface area contributed by atoms with Crippen LogP contribution in [0.5, 0.6) is 0 Å². The van der Waals surface area contributed by atoms with Crippen LogP contribution in [0.15, 0.2) is 66.7 Å². The van der Waals surface area contributed by atoms with E-state index in [1.807, 2.05) is 61.4 Å². The summed E-state index contributed by atoms with van der Waals surface area (Å²) in [5.74, 6) is -2.03. The normalized spacial score (nSPS) is 15.1. The number of aromatic carboxylic acids is 1. The minimum absolute atomic E-state index is 0.0658. The van der Waals surface area contributed by atoms with Crippen molar-refractivity contribution in [2.24, 2.45) is 0 Å². The van der Waals surface area contributed by atoms with Crippen LogP contribution in [0.3, 0.4) is 0 Å². The zero-order valence-corrected chi connectivity index (χ0v) is 19.7. The monoisotopic (exact) mass is 472 g/mol. The number of rotatable bonds is 6. The Labute approximate surface area is 203 Å². The molecule has 1 fully saturated rings. The van der Waals surface area contributed by atoms with Crippen LogP contribution in [-0.2, 0) is 4.79 Å². The summed E-state index contributed by atoms with van der Waals surface area (Å²) in [7, 11) is 2.02. The first-order chi connectivity index (χ1) is 16.8. The first-order valence-corrected chi connectivity index (χ1v) is 11.4. The van der Waals surface area contributed by atoms with Gasteiger partial charge in [-0.15, -0.1) is 0 Å². The molecule has 3 aromatic carbocycles. The number of fused-ring (bicyclic) bond motifs is 1. The highest BCUT2D eigenvalue weighted by molar-refractivity contribution is 6.08. The lowest BCUT2D eigenvalue weighted by Crippen LogP contribution is -2.52.